The second kappa shape index (κ2) is 33.1. The van der Waals surface area contributed by atoms with E-state index in [1.54, 1.807) is 54.0 Å². The summed E-state index contributed by atoms with van der Waals surface area (Å²) in [6.07, 6.45) is 8.22. The topological polar surface area (TPSA) is 316 Å². The quantitative estimate of drug-likeness (QED) is 0.00898. The average Bonchev–Trinajstić information content (AvgIpc) is 1.74. The van der Waals surface area contributed by atoms with Crippen LogP contribution in [0.5, 0.6) is 28.7 Å². The van der Waals surface area contributed by atoms with Crippen molar-refractivity contribution < 1.29 is 83.2 Å². The fourth-order valence-corrected chi connectivity index (χ4v) is 9.74. The highest BCUT2D eigenvalue weighted by Gasteiger charge is 2.43. The number of aromatic nitrogens is 4. The third-order valence-corrected chi connectivity index (χ3v) is 14.6. The number of halogens is 7. The van der Waals surface area contributed by atoms with Crippen molar-refractivity contribution in [2.75, 3.05) is 59.5 Å². The Morgan fingerprint density at radius 3 is 1.41 bits per heavy atom. The number of hydrogen-bond donors (Lipinski definition) is 8. The van der Waals surface area contributed by atoms with E-state index in [2.05, 4.69) is 60.9 Å². The number of unbranched alkanes of at least 4 members (excludes halogenated alkanes) is 2. The molecule has 3 aliphatic rings. The van der Waals surface area contributed by atoms with Crippen molar-refractivity contribution in [1.82, 2.24) is 51.8 Å². The molecule has 0 spiro atoms. The van der Waals surface area contributed by atoms with Crippen molar-refractivity contribution in [1.29, 1.82) is 0 Å². The molecule has 9 N–H and O–H groups in total. The van der Waals surface area contributed by atoms with E-state index in [9.17, 15) is 55.1 Å². The molecule has 5 heterocycles. The monoisotopic (exact) mass is 1310 g/mol. The minimum Gasteiger partial charge on any atom is -0.497 e. The van der Waals surface area contributed by atoms with E-state index in [4.69, 9.17) is 45.5 Å². The number of amides is 6. The first-order valence-electron chi connectivity index (χ1n) is 28.5. The van der Waals surface area contributed by atoms with Gasteiger partial charge in [-0.15, -0.1) is 5.10 Å². The zero-order chi connectivity index (χ0) is 66.6. The maximum absolute atomic E-state index is 14.6. The van der Waals surface area contributed by atoms with Gasteiger partial charge in [0.15, 0.2) is 0 Å². The van der Waals surface area contributed by atoms with Crippen LogP contribution in [0.15, 0.2) is 108 Å². The largest absolute Gasteiger partial charge is 0.497 e. The van der Waals surface area contributed by atoms with Crippen LogP contribution in [0.3, 0.4) is 0 Å². The van der Waals surface area contributed by atoms with E-state index < -0.39 is 106 Å². The van der Waals surface area contributed by atoms with E-state index >= 15 is 0 Å². The smallest absolute Gasteiger partial charge is 0.329 e. The molecule has 10 rings (SSSR count). The molecule has 490 valence electrons. The van der Waals surface area contributed by atoms with Crippen LogP contribution in [0, 0.1) is 34.9 Å². The number of carbonyl (C=O) groups excluding carboxylic acids is 6. The Labute approximate surface area is 527 Å². The number of nitrogens with two attached hydrogens (primary N) is 1. The van der Waals surface area contributed by atoms with Crippen molar-refractivity contribution in [2.24, 2.45) is 5.84 Å². The van der Waals surface area contributed by atoms with Gasteiger partial charge < -0.3 is 60.0 Å². The molecule has 31 heteroatoms. The van der Waals surface area contributed by atoms with Crippen molar-refractivity contribution in [2.45, 2.75) is 75.4 Å². The summed E-state index contributed by atoms with van der Waals surface area (Å²) in [5.74, 6) is -2.28. The number of urea groups is 1. The van der Waals surface area contributed by atoms with Gasteiger partial charge in [0.05, 0.1) is 34.5 Å². The number of nitrogens with one attached hydrogen (secondary N) is 7. The van der Waals surface area contributed by atoms with Gasteiger partial charge in [0, 0.05) is 114 Å². The van der Waals surface area contributed by atoms with E-state index in [0.717, 1.165) is 78.1 Å². The van der Waals surface area contributed by atoms with E-state index in [-0.39, 0.29) is 65.5 Å². The molecule has 0 bridgehead atoms. The number of hydrazine groups is 1. The van der Waals surface area contributed by atoms with E-state index in [0.29, 0.717) is 24.3 Å². The Kier molecular flexibility index (Phi) is 25.0. The molecule has 0 radical (unpaired) electrons. The van der Waals surface area contributed by atoms with Gasteiger partial charge in [0.25, 0.3) is 5.24 Å². The molecule has 2 aromatic heterocycles. The molecular weight excluding hydrogens is 1240 g/mol. The molecule has 3 fully saturated rings. The van der Waals surface area contributed by atoms with Crippen LogP contribution in [0.1, 0.15) is 84.3 Å². The number of hydrogen-bond acceptors (Lipinski definition) is 17. The van der Waals surface area contributed by atoms with Crippen molar-refractivity contribution in [3.8, 4) is 40.2 Å². The number of imidazole rings is 1. The Hall–Kier alpha value is -10.1. The number of methoxy groups -OCH3 is 3. The van der Waals surface area contributed by atoms with Crippen LogP contribution in [0.25, 0.3) is 11.5 Å². The highest BCUT2D eigenvalue weighted by Crippen LogP contribution is 2.35. The maximum atomic E-state index is 14.6. The number of carbonyl (C=O) groups is 6. The van der Waals surface area contributed by atoms with Gasteiger partial charge in [-0.2, -0.15) is 0 Å². The predicted molar refractivity (Wildman–Crippen MR) is 320 cm³/mol. The Bertz CT molecular complexity index is 3620. The van der Waals surface area contributed by atoms with Crippen LogP contribution in [0.4, 0.5) is 41.9 Å². The number of nitrogens with zero attached hydrogens (tertiary/aromatic N) is 4. The fraction of sp³-hybridized carbons (Fsp3) is 0.328. The summed E-state index contributed by atoms with van der Waals surface area (Å²) in [5, 5.41) is 22.6. The van der Waals surface area contributed by atoms with Gasteiger partial charge >= 0.3 is 18.1 Å². The molecule has 92 heavy (non-hydrogen) atoms. The van der Waals surface area contributed by atoms with E-state index in [1.165, 1.54) is 40.1 Å². The first kappa shape index (κ1) is 69.4. The molecule has 6 atom stereocenters. The maximum Gasteiger partial charge on any atom is 0.329 e. The molecule has 7 aromatic rings. The minimum atomic E-state index is -1.12. The zero-order valence-corrected chi connectivity index (χ0v) is 50.8. The number of ether oxygens (including phenoxy) is 5. The van der Waals surface area contributed by atoms with Crippen LogP contribution < -0.4 is 66.9 Å². The lowest BCUT2D eigenvalue weighted by atomic mass is 9.93. The Balaban J connectivity index is 0.000000182. The lowest BCUT2D eigenvalue weighted by Gasteiger charge is -2.20. The molecule has 0 unspecified atom stereocenters. The van der Waals surface area contributed by atoms with Crippen molar-refractivity contribution in [3.63, 3.8) is 0 Å². The summed E-state index contributed by atoms with van der Waals surface area (Å²) in [5.41, 5.74) is 2.17. The lowest BCUT2D eigenvalue weighted by Crippen LogP contribution is -2.49. The first-order valence-corrected chi connectivity index (χ1v) is 28.8. The zero-order valence-electron chi connectivity index (χ0n) is 50.1. The molecule has 3 aliphatic heterocycles. The molecule has 3 saturated heterocycles. The average molecular weight is 1310 g/mol. The number of anilines is 1. The summed E-state index contributed by atoms with van der Waals surface area (Å²) < 4.78 is 118. The van der Waals surface area contributed by atoms with Gasteiger partial charge in [-0.3, -0.25) is 29.2 Å². The third-order valence-electron chi connectivity index (χ3n) is 14.4. The standard InChI is InChI=1S/C23H24F2N4O4.C15H14F2N4O3.C12H14F2N4O3.C11H13ClO2/c1-3-4-9-32-14-7-5-13(6-8-14)22-28-29-23(33-22)27-20-16(12-26-21(20)30)19-17(24)10-15(31-2)11-18(19)25;1-24-8-4-10(16)12(11(17)5-8)9-6-19-14(22)13(9)20-15(23)21-3-2-18-7-21;1-21-5-2-7(13)9(8(14)3-5)6-4-16-11(19)10(6)17-12(20)18-15;1-2-3-8-14-10-6-4-9(5-7-10)11(12)13/h5-8,10-11,16,20H,3-4,9,12H2,1-2H3,(H,26,30)(H,27,29);2-5,7,9,13H,6H2,1H3,(H,19,22)(H,20,23);2-3,6,10H,4,15H2,1H3,(H,16,19)(H2,17,18,20);4-7H,2-3,8H2,1H3/t16-,20-;9-,13-;6-,10-;/m000./s1. The Morgan fingerprint density at radius 2 is 1.02 bits per heavy atom. The van der Waals surface area contributed by atoms with Gasteiger partial charge in [0.1, 0.15) is 88.1 Å². The van der Waals surface area contributed by atoms with Crippen LogP contribution in [0.2, 0.25) is 0 Å². The van der Waals surface area contributed by atoms with Crippen molar-refractivity contribution in [3.05, 3.63) is 161 Å². The Morgan fingerprint density at radius 1 is 0.609 bits per heavy atom. The molecular formula is C61H65ClF6N12O12. The number of benzene rings is 5. The normalized spacial score (nSPS) is 17.8. The van der Waals surface area contributed by atoms with Crippen LogP contribution in [-0.2, 0) is 14.4 Å². The van der Waals surface area contributed by atoms with Gasteiger partial charge in [-0.1, -0.05) is 31.8 Å². The highest BCUT2D eigenvalue weighted by atomic mass is 35.5. The first-order chi connectivity index (χ1) is 44.2. The fourth-order valence-electron chi connectivity index (χ4n) is 9.61. The van der Waals surface area contributed by atoms with Gasteiger partial charge in [0.2, 0.25) is 23.6 Å². The molecule has 24 nitrogen and oxygen atoms in total. The SMILES string of the molecule is CCCCOc1ccc(-c2nnc(N[C@@H]3C(=O)NC[C@H]3c3c(F)cc(OC)cc3F)o2)cc1.CCCCOc1ccc(C(=O)Cl)cc1.COc1cc(F)c([C@@H]2CNC(=O)[C@H]2NC(=O)NN)c(F)c1.COc1cc(F)c([C@@H]2CNC(=O)[C@H]2NC(=O)n2ccnc2)c(F)c1. The lowest BCUT2D eigenvalue weighted by molar-refractivity contribution is -0.121. The summed E-state index contributed by atoms with van der Waals surface area (Å²) in [7, 11) is 3.90. The van der Waals surface area contributed by atoms with Gasteiger partial charge in [-0.25, -0.2) is 46.8 Å². The molecule has 0 aliphatic carbocycles. The van der Waals surface area contributed by atoms with Crippen LogP contribution in [-0.4, -0.2) is 127 Å². The summed E-state index contributed by atoms with van der Waals surface area (Å²) in [6.45, 7) is 5.61. The second-order valence-electron chi connectivity index (χ2n) is 20.3. The predicted octanol–water partition coefficient (Wildman–Crippen LogP) is 7.88. The third kappa shape index (κ3) is 17.9. The van der Waals surface area contributed by atoms with Crippen LogP contribution >= 0.6 is 11.6 Å². The van der Waals surface area contributed by atoms with E-state index in [1.807, 2.05) is 0 Å². The van der Waals surface area contributed by atoms with Crippen molar-refractivity contribution >= 4 is 52.6 Å². The minimum absolute atomic E-state index is 0.00544. The molecule has 0 saturated carbocycles. The number of rotatable bonds is 20. The molecule has 5 aromatic carbocycles. The summed E-state index contributed by atoms with van der Waals surface area (Å²) in [4.78, 5) is 73.8. The second-order valence-corrected chi connectivity index (χ2v) is 20.7. The summed E-state index contributed by atoms with van der Waals surface area (Å²) in [6, 6.07) is 15.6. The van der Waals surface area contributed by atoms with Gasteiger partial charge in [-0.05, 0) is 73.0 Å². The summed E-state index contributed by atoms with van der Waals surface area (Å²) >= 11 is 5.30. The highest BCUT2D eigenvalue weighted by molar-refractivity contribution is 6.67. The molecule has 6 amide bonds.